The minimum Gasteiger partial charge on any atom is -0.356 e. The lowest BCUT2D eigenvalue weighted by molar-refractivity contribution is -0.122. The van der Waals surface area contributed by atoms with E-state index in [0.717, 1.165) is 49.0 Å². The number of amides is 2. The van der Waals surface area contributed by atoms with Gasteiger partial charge in [0.15, 0.2) is 0 Å². The molecule has 0 aliphatic heterocycles. The van der Waals surface area contributed by atoms with Gasteiger partial charge in [-0.25, -0.2) is 4.39 Å². The van der Waals surface area contributed by atoms with Crippen molar-refractivity contribution >= 4 is 17.5 Å². The number of halogens is 1. The zero-order valence-corrected chi connectivity index (χ0v) is 17.3. The first kappa shape index (κ1) is 20.6. The molecule has 0 spiro atoms. The summed E-state index contributed by atoms with van der Waals surface area (Å²) in [4.78, 5) is 27.4. The highest BCUT2D eigenvalue weighted by Crippen LogP contribution is 2.30. The highest BCUT2D eigenvalue weighted by Gasteiger charge is 2.28. The summed E-state index contributed by atoms with van der Waals surface area (Å²) in [6.07, 6.45) is 6.73. The molecular formula is C25H29FN2O2. The molecule has 30 heavy (non-hydrogen) atoms. The molecule has 0 heterocycles. The second-order valence-electron chi connectivity index (χ2n) is 8.63. The van der Waals surface area contributed by atoms with Gasteiger partial charge in [0, 0.05) is 18.2 Å². The molecule has 0 unspecified atom stereocenters. The zero-order valence-electron chi connectivity index (χ0n) is 17.3. The van der Waals surface area contributed by atoms with Crippen LogP contribution >= 0.6 is 0 Å². The topological polar surface area (TPSA) is 49.4 Å². The molecule has 2 saturated carbocycles. The predicted molar refractivity (Wildman–Crippen MR) is 115 cm³/mol. The largest absolute Gasteiger partial charge is 0.356 e. The smallest absolute Gasteiger partial charge is 0.230 e. The van der Waals surface area contributed by atoms with E-state index in [-0.39, 0.29) is 23.5 Å². The maximum absolute atomic E-state index is 13.3. The first-order valence-corrected chi connectivity index (χ1v) is 11.0. The summed E-state index contributed by atoms with van der Waals surface area (Å²) in [6.45, 7) is 1.16. The third-order valence-electron chi connectivity index (χ3n) is 6.10. The highest BCUT2D eigenvalue weighted by molar-refractivity contribution is 5.95. The zero-order chi connectivity index (χ0) is 20.9. The molecule has 2 amide bonds. The SMILES string of the molecule is O=C(Cc1cccc(N(Cc2ccc(F)cc2)C(=O)C2CCCC2)c1)NCC1CC1. The van der Waals surface area contributed by atoms with Gasteiger partial charge in [0.25, 0.3) is 0 Å². The van der Waals surface area contributed by atoms with Crippen LogP contribution < -0.4 is 10.2 Å². The van der Waals surface area contributed by atoms with Crippen molar-refractivity contribution in [3.8, 4) is 0 Å². The Kier molecular flexibility index (Phi) is 6.46. The van der Waals surface area contributed by atoms with Crippen molar-refractivity contribution in [2.24, 2.45) is 11.8 Å². The first-order valence-electron chi connectivity index (χ1n) is 11.0. The van der Waals surface area contributed by atoms with Crippen LogP contribution in [0.4, 0.5) is 10.1 Å². The lowest BCUT2D eigenvalue weighted by atomic mass is 10.0. The molecule has 2 aromatic rings. The van der Waals surface area contributed by atoms with Crippen LogP contribution in [0.25, 0.3) is 0 Å². The van der Waals surface area contributed by atoms with Gasteiger partial charge in [-0.15, -0.1) is 0 Å². The molecule has 2 aliphatic rings. The normalized spacial score (nSPS) is 16.4. The van der Waals surface area contributed by atoms with Gasteiger partial charge in [-0.05, 0) is 67.0 Å². The molecule has 5 heteroatoms. The molecule has 4 nitrogen and oxygen atoms in total. The lowest BCUT2D eigenvalue weighted by Crippen LogP contribution is -2.35. The van der Waals surface area contributed by atoms with Crippen molar-refractivity contribution in [2.75, 3.05) is 11.4 Å². The monoisotopic (exact) mass is 408 g/mol. The second kappa shape index (κ2) is 9.41. The molecule has 158 valence electrons. The maximum atomic E-state index is 13.3. The van der Waals surface area contributed by atoms with Crippen molar-refractivity contribution < 1.29 is 14.0 Å². The molecule has 0 radical (unpaired) electrons. The fourth-order valence-electron chi connectivity index (χ4n) is 4.12. The molecule has 4 rings (SSSR count). The number of hydrogen-bond acceptors (Lipinski definition) is 2. The van der Waals surface area contributed by atoms with Crippen LogP contribution in [0.5, 0.6) is 0 Å². The van der Waals surface area contributed by atoms with Crippen LogP contribution in [0, 0.1) is 17.7 Å². The van der Waals surface area contributed by atoms with Gasteiger partial charge in [0.05, 0.1) is 13.0 Å². The van der Waals surface area contributed by atoms with Gasteiger partial charge in [-0.3, -0.25) is 9.59 Å². The van der Waals surface area contributed by atoms with E-state index in [1.54, 1.807) is 17.0 Å². The van der Waals surface area contributed by atoms with Gasteiger partial charge in [-0.1, -0.05) is 37.1 Å². The standard InChI is InChI=1S/C25H29FN2O2/c26-22-12-10-19(11-13-22)17-28(25(30)21-5-1-2-6-21)23-7-3-4-20(14-23)15-24(29)27-16-18-8-9-18/h3-4,7,10-14,18,21H,1-2,5-6,8-9,15-17H2,(H,27,29). The summed E-state index contributed by atoms with van der Waals surface area (Å²) < 4.78 is 13.3. The number of nitrogens with one attached hydrogen (secondary N) is 1. The number of anilines is 1. The van der Waals surface area contributed by atoms with Crippen LogP contribution in [-0.4, -0.2) is 18.4 Å². The van der Waals surface area contributed by atoms with E-state index in [2.05, 4.69) is 5.32 Å². The number of carbonyl (C=O) groups is 2. The maximum Gasteiger partial charge on any atom is 0.230 e. The average Bonchev–Trinajstić information content (AvgIpc) is 3.42. The van der Waals surface area contributed by atoms with Gasteiger partial charge in [-0.2, -0.15) is 0 Å². The third-order valence-corrected chi connectivity index (χ3v) is 6.10. The number of benzene rings is 2. The predicted octanol–water partition coefficient (Wildman–Crippen LogP) is 4.62. The molecule has 0 saturated heterocycles. The molecule has 2 aromatic carbocycles. The minimum atomic E-state index is -0.286. The number of carbonyl (C=O) groups excluding carboxylic acids is 2. The Morgan fingerprint density at radius 1 is 0.967 bits per heavy atom. The van der Waals surface area contributed by atoms with Crippen molar-refractivity contribution in [1.82, 2.24) is 5.32 Å². The van der Waals surface area contributed by atoms with Gasteiger partial charge in [0.1, 0.15) is 5.82 Å². The van der Waals surface area contributed by atoms with E-state index in [1.165, 1.54) is 25.0 Å². The van der Waals surface area contributed by atoms with Gasteiger partial charge < -0.3 is 10.2 Å². The second-order valence-corrected chi connectivity index (χ2v) is 8.63. The summed E-state index contributed by atoms with van der Waals surface area (Å²) in [5, 5.41) is 3.00. The van der Waals surface area contributed by atoms with Gasteiger partial charge >= 0.3 is 0 Å². The Bertz CT molecular complexity index is 886. The van der Waals surface area contributed by atoms with Crippen molar-refractivity contribution in [2.45, 2.75) is 51.5 Å². The summed E-state index contributed by atoms with van der Waals surface area (Å²) in [5.41, 5.74) is 2.57. The van der Waals surface area contributed by atoms with E-state index < -0.39 is 0 Å². The van der Waals surface area contributed by atoms with Crippen LogP contribution in [0.2, 0.25) is 0 Å². The molecule has 0 aromatic heterocycles. The lowest BCUT2D eigenvalue weighted by Gasteiger charge is -2.26. The molecule has 0 atom stereocenters. The summed E-state index contributed by atoms with van der Waals surface area (Å²) >= 11 is 0. The van der Waals surface area contributed by atoms with E-state index in [0.29, 0.717) is 18.9 Å². The van der Waals surface area contributed by atoms with E-state index >= 15 is 0 Å². The summed E-state index contributed by atoms with van der Waals surface area (Å²) in [5.74, 6) is 0.538. The molecule has 2 aliphatic carbocycles. The van der Waals surface area contributed by atoms with Crippen LogP contribution in [0.3, 0.4) is 0 Å². The Labute approximate surface area is 177 Å². The Morgan fingerprint density at radius 2 is 1.70 bits per heavy atom. The fraction of sp³-hybridized carbons (Fsp3) is 0.440. The van der Waals surface area contributed by atoms with Crippen molar-refractivity contribution in [1.29, 1.82) is 0 Å². The summed E-state index contributed by atoms with van der Waals surface area (Å²) in [7, 11) is 0. The van der Waals surface area contributed by atoms with Crippen LogP contribution in [0.1, 0.15) is 49.7 Å². The number of hydrogen-bond donors (Lipinski definition) is 1. The highest BCUT2D eigenvalue weighted by atomic mass is 19.1. The minimum absolute atomic E-state index is 0.0197. The Balaban J connectivity index is 1.51. The van der Waals surface area contributed by atoms with E-state index in [4.69, 9.17) is 0 Å². The first-order chi connectivity index (χ1) is 14.6. The van der Waals surface area contributed by atoms with E-state index in [1.807, 2.05) is 24.3 Å². The van der Waals surface area contributed by atoms with Crippen molar-refractivity contribution in [3.05, 3.63) is 65.5 Å². The van der Waals surface area contributed by atoms with Crippen LogP contribution in [-0.2, 0) is 22.6 Å². The molecular weight excluding hydrogens is 379 g/mol. The molecule has 1 N–H and O–H groups in total. The summed E-state index contributed by atoms with van der Waals surface area (Å²) in [6, 6.07) is 14.0. The van der Waals surface area contributed by atoms with E-state index in [9.17, 15) is 14.0 Å². The third kappa shape index (κ3) is 5.47. The molecule has 0 bridgehead atoms. The Morgan fingerprint density at radius 3 is 2.40 bits per heavy atom. The molecule has 2 fully saturated rings. The Hall–Kier alpha value is -2.69. The average molecular weight is 409 g/mol. The van der Waals surface area contributed by atoms with Gasteiger partial charge in [0.2, 0.25) is 11.8 Å². The number of nitrogens with zero attached hydrogens (tertiary/aromatic N) is 1. The number of rotatable bonds is 8. The quantitative estimate of drug-likeness (QED) is 0.693. The van der Waals surface area contributed by atoms with Crippen LogP contribution in [0.15, 0.2) is 48.5 Å². The van der Waals surface area contributed by atoms with Crippen molar-refractivity contribution in [3.63, 3.8) is 0 Å². The fourth-order valence-corrected chi connectivity index (χ4v) is 4.12.